The summed E-state index contributed by atoms with van der Waals surface area (Å²) >= 11 is 0. The lowest BCUT2D eigenvalue weighted by Gasteiger charge is -2.07. The standard InChI is InChI=1S/C18H17N3O/c1-2-18(22)21-16-7-4-12(5-8-16)14-9-13-3-6-15(19)10-17(13)20-11-14/h3-11H,2,19H2,1H3,(H,21,22). The number of benzene rings is 2. The van der Waals surface area contributed by atoms with Crippen LogP contribution in [0.4, 0.5) is 11.4 Å². The highest BCUT2D eigenvalue weighted by Gasteiger charge is 2.03. The normalized spacial score (nSPS) is 10.6. The van der Waals surface area contributed by atoms with Gasteiger partial charge in [0.05, 0.1) is 5.52 Å². The van der Waals surface area contributed by atoms with Gasteiger partial charge in [0.15, 0.2) is 0 Å². The number of amides is 1. The largest absolute Gasteiger partial charge is 0.399 e. The molecule has 22 heavy (non-hydrogen) atoms. The molecule has 110 valence electrons. The number of nitrogens with zero attached hydrogens (tertiary/aromatic N) is 1. The first-order chi connectivity index (χ1) is 10.7. The topological polar surface area (TPSA) is 68.0 Å². The average Bonchev–Trinajstić information content (AvgIpc) is 2.55. The van der Waals surface area contributed by atoms with E-state index in [2.05, 4.69) is 16.4 Å². The highest BCUT2D eigenvalue weighted by molar-refractivity contribution is 5.91. The summed E-state index contributed by atoms with van der Waals surface area (Å²) < 4.78 is 0. The lowest BCUT2D eigenvalue weighted by atomic mass is 10.0. The molecule has 0 bridgehead atoms. The number of nitrogen functional groups attached to an aromatic ring is 1. The Bertz CT molecular complexity index is 825. The third kappa shape index (κ3) is 2.91. The van der Waals surface area contributed by atoms with Crippen molar-refractivity contribution >= 4 is 28.2 Å². The van der Waals surface area contributed by atoms with Crippen molar-refractivity contribution in [2.45, 2.75) is 13.3 Å². The maximum atomic E-state index is 11.4. The van der Waals surface area contributed by atoms with Gasteiger partial charge in [-0.2, -0.15) is 0 Å². The van der Waals surface area contributed by atoms with Gasteiger partial charge in [-0.3, -0.25) is 9.78 Å². The van der Waals surface area contributed by atoms with Crippen molar-refractivity contribution in [3.05, 3.63) is 54.7 Å². The molecule has 4 heteroatoms. The van der Waals surface area contributed by atoms with Gasteiger partial charge in [-0.25, -0.2) is 0 Å². The second-order valence-corrected chi connectivity index (χ2v) is 5.16. The zero-order chi connectivity index (χ0) is 15.5. The third-order valence-corrected chi connectivity index (χ3v) is 3.53. The molecule has 0 fully saturated rings. The summed E-state index contributed by atoms with van der Waals surface area (Å²) in [6, 6.07) is 15.5. The number of aromatic nitrogens is 1. The molecule has 3 N–H and O–H groups in total. The first-order valence-electron chi connectivity index (χ1n) is 7.21. The fourth-order valence-electron chi connectivity index (χ4n) is 2.29. The molecular formula is C18H17N3O. The number of rotatable bonds is 3. The highest BCUT2D eigenvalue weighted by Crippen LogP contribution is 2.25. The fraction of sp³-hybridized carbons (Fsp3) is 0.111. The predicted octanol–water partition coefficient (Wildman–Crippen LogP) is 3.83. The molecule has 3 aromatic rings. The van der Waals surface area contributed by atoms with E-state index in [0.717, 1.165) is 27.7 Å². The number of fused-ring (bicyclic) bond motifs is 1. The van der Waals surface area contributed by atoms with Crippen LogP contribution in [0.1, 0.15) is 13.3 Å². The van der Waals surface area contributed by atoms with Gasteiger partial charge in [-0.1, -0.05) is 25.1 Å². The average molecular weight is 291 g/mol. The van der Waals surface area contributed by atoms with Crippen LogP contribution in [0.3, 0.4) is 0 Å². The van der Waals surface area contributed by atoms with E-state index in [-0.39, 0.29) is 5.91 Å². The SMILES string of the molecule is CCC(=O)Nc1ccc(-c2cnc3cc(N)ccc3c2)cc1. The zero-order valence-electron chi connectivity index (χ0n) is 12.3. The van der Waals surface area contributed by atoms with E-state index in [4.69, 9.17) is 5.73 Å². The van der Waals surface area contributed by atoms with Crippen LogP contribution in [0.2, 0.25) is 0 Å². The molecule has 0 atom stereocenters. The Balaban J connectivity index is 1.90. The molecule has 0 radical (unpaired) electrons. The molecule has 0 spiro atoms. The summed E-state index contributed by atoms with van der Waals surface area (Å²) in [5, 5.41) is 3.89. The van der Waals surface area contributed by atoms with Gasteiger partial charge in [0.25, 0.3) is 0 Å². The lowest BCUT2D eigenvalue weighted by molar-refractivity contribution is -0.115. The van der Waals surface area contributed by atoms with Crippen LogP contribution in [0, 0.1) is 0 Å². The van der Waals surface area contributed by atoms with Crippen LogP contribution in [-0.4, -0.2) is 10.9 Å². The Kier molecular flexibility index (Phi) is 3.74. The Hall–Kier alpha value is -2.88. The van der Waals surface area contributed by atoms with Crippen LogP contribution in [0.25, 0.3) is 22.0 Å². The Labute approximate surface area is 129 Å². The number of anilines is 2. The number of nitrogens with two attached hydrogens (primary N) is 1. The number of nitrogens with one attached hydrogen (secondary N) is 1. The maximum Gasteiger partial charge on any atom is 0.224 e. The van der Waals surface area contributed by atoms with Gasteiger partial charge in [-0.15, -0.1) is 0 Å². The zero-order valence-corrected chi connectivity index (χ0v) is 12.3. The van der Waals surface area contributed by atoms with Gasteiger partial charge in [0.2, 0.25) is 5.91 Å². The van der Waals surface area contributed by atoms with E-state index in [0.29, 0.717) is 12.1 Å². The molecule has 0 aliphatic heterocycles. The minimum absolute atomic E-state index is 0.0118. The van der Waals surface area contributed by atoms with E-state index in [1.807, 2.05) is 55.6 Å². The van der Waals surface area contributed by atoms with Crippen molar-refractivity contribution in [1.29, 1.82) is 0 Å². The summed E-state index contributed by atoms with van der Waals surface area (Å²) in [4.78, 5) is 15.8. The summed E-state index contributed by atoms with van der Waals surface area (Å²) in [6.07, 6.45) is 2.31. The van der Waals surface area contributed by atoms with Crippen LogP contribution in [-0.2, 0) is 4.79 Å². The number of hydrogen-bond acceptors (Lipinski definition) is 3. The second kappa shape index (κ2) is 5.85. The molecule has 1 aromatic heterocycles. The minimum atomic E-state index is 0.0118. The fourth-order valence-corrected chi connectivity index (χ4v) is 2.29. The minimum Gasteiger partial charge on any atom is -0.399 e. The molecule has 0 aliphatic rings. The van der Waals surface area contributed by atoms with Crippen LogP contribution >= 0.6 is 0 Å². The summed E-state index contributed by atoms with van der Waals surface area (Å²) in [5.41, 5.74) is 10.3. The molecule has 3 rings (SSSR count). The number of carbonyl (C=O) groups is 1. The predicted molar refractivity (Wildman–Crippen MR) is 90.5 cm³/mol. The van der Waals surface area contributed by atoms with E-state index < -0.39 is 0 Å². The lowest BCUT2D eigenvalue weighted by Crippen LogP contribution is -2.08. The van der Waals surface area contributed by atoms with Crippen molar-refractivity contribution in [1.82, 2.24) is 4.98 Å². The Morgan fingerprint density at radius 2 is 1.86 bits per heavy atom. The van der Waals surface area contributed by atoms with E-state index in [1.54, 1.807) is 0 Å². The number of carbonyl (C=O) groups excluding carboxylic acids is 1. The first-order valence-corrected chi connectivity index (χ1v) is 7.21. The summed E-state index contributed by atoms with van der Waals surface area (Å²) in [6.45, 7) is 1.83. The van der Waals surface area contributed by atoms with Gasteiger partial charge in [-0.05, 0) is 35.9 Å². The van der Waals surface area contributed by atoms with E-state index >= 15 is 0 Å². The molecule has 2 aromatic carbocycles. The molecule has 1 heterocycles. The number of hydrogen-bond donors (Lipinski definition) is 2. The van der Waals surface area contributed by atoms with Crippen molar-refractivity contribution in [2.24, 2.45) is 0 Å². The van der Waals surface area contributed by atoms with Crippen molar-refractivity contribution in [2.75, 3.05) is 11.1 Å². The summed E-state index contributed by atoms with van der Waals surface area (Å²) in [7, 11) is 0. The monoisotopic (exact) mass is 291 g/mol. The smallest absolute Gasteiger partial charge is 0.224 e. The molecule has 0 saturated carbocycles. The van der Waals surface area contributed by atoms with Crippen LogP contribution in [0.15, 0.2) is 54.7 Å². The number of pyridine rings is 1. The molecule has 0 aliphatic carbocycles. The summed E-state index contributed by atoms with van der Waals surface area (Å²) in [5.74, 6) is 0.0118. The van der Waals surface area contributed by atoms with Gasteiger partial charge in [0, 0.05) is 34.9 Å². The van der Waals surface area contributed by atoms with Gasteiger partial charge >= 0.3 is 0 Å². The van der Waals surface area contributed by atoms with Crippen molar-refractivity contribution < 1.29 is 4.79 Å². The maximum absolute atomic E-state index is 11.4. The highest BCUT2D eigenvalue weighted by atomic mass is 16.1. The van der Waals surface area contributed by atoms with Crippen molar-refractivity contribution in [3.63, 3.8) is 0 Å². The Morgan fingerprint density at radius 1 is 1.09 bits per heavy atom. The quantitative estimate of drug-likeness (QED) is 0.720. The second-order valence-electron chi connectivity index (χ2n) is 5.16. The first kappa shape index (κ1) is 14.1. The van der Waals surface area contributed by atoms with Gasteiger partial charge < -0.3 is 11.1 Å². The molecular weight excluding hydrogens is 274 g/mol. The van der Waals surface area contributed by atoms with E-state index in [9.17, 15) is 4.79 Å². The molecule has 0 saturated heterocycles. The molecule has 1 amide bonds. The van der Waals surface area contributed by atoms with Crippen molar-refractivity contribution in [3.8, 4) is 11.1 Å². The van der Waals surface area contributed by atoms with Crippen LogP contribution < -0.4 is 11.1 Å². The van der Waals surface area contributed by atoms with E-state index in [1.165, 1.54) is 0 Å². The molecule has 4 nitrogen and oxygen atoms in total. The van der Waals surface area contributed by atoms with Crippen LogP contribution in [0.5, 0.6) is 0 Å². The third-order valence-electron chi connectivity index (χ3n) is 3.53. The Morgan fingerprint density at radius 3 is 2.59 bits per heavy atom. The molecule has 0 unspecified atom stereocenters. The van der Waals surface area contributed by atoms with Gasteiger partial charge in [0.1, 0.15) is 0 Å².